The van der Waals surface area contributed by atoms with Gasteiger partial charge < -0.3 is 10.3 Å². The third-order valence-electron chi connectivity index (χ3n) is 4.68. The number of nitrogens with zero attached hydrogens (tertiary/aromatic N) is 1. The first-order valence-electron chi connectivity index (χ1n) is 9.06. The van der Waals surface area contributed by atoms with Gasteiger partial charge in [0.2, 0.25) is 5.91 Å². The van der Waals surface area contributed by atoms with Crippen LogP contribution in [-0.4, -0.2) is 21.6 Å². The summed E-state index contributed by atoms with van der Waals surface area (Å²) in [6, 6.07) is 4.07. The van der Waals surface area contributed by atoms with Gasteiger partial charge >= 0.3 is 0 Å². The summed E-state index contributed by atoms with van der Waals surface area (Å²) in [5.41, 5.74) is 1.19. The minimum Gasteiger partial charge on any atom is -0.349 e. The van der Waals surface area contributed by atoms with Crippen molar-refractivity contribution in [1.29, 1.82) is 0 Å². The van der Waals surface area contributed by atoms with Crippen LogP contribution in [0.25, 0.3) is 10.2 Å². The van der Waals surface area contributed by atoms with Gasteiger partial charge in [0.25, 0.3) is 5.56 Å². The topological polar surface area (TPSA) is 74.8 Å². The van der Waals surface area contributed by atoms with Gasteiger partial charge in [-0.05, 0) is 43.2 Å². The molecule has 0 aromatic carbocycles. The Balaban J connectivity index is 1.29. The molecule has 1 aliphatic rings. The number of carbonyl (C=O) groups is 1. The van der Waals surface area contributed by atoms with Gasteiger partial charge in [0.05, 0.1) is 17.2 Å². The smallest absolute Gasteiger partial charge is 0.259 e. The van der Waals surface area contributed by atoms with E-state index in [9.17, 15) is 9.59 Å². The van der Waals surface area contributed by atoms with E-state index in [0.717, 1.165) is 34.4 Å². The Morgan fingerprint density at radius 2 is 2.33 bits per heavy atom. The van der Waals surface area contributed by atoms with E-state index in [1.54, 1.807) is 34.4 Å². The van der Waals surface area contributed by atoms with Gasteiger partial charge in [-0.25, -0.2) is 4.98 Å². The normalized spacial score (nSPS) is 14.4. The van der Waals surface area contributed by atoms with Crippen LogP contribution in [-0.2, 0) is 23.4 Å². The fourth-order valence-corrected chi connectivity index (χ4v) is 6.19. The zero-order valence-corrected chi connectivity index (χ0v) is 17.5. The number of fused-ring (bicyclic) bond motifs is 3. The number of thiophene rings is 2. The maximum atomic E-state index is 12.4. The Morgan fingerprint density at radius 1 is 1.44 bits per heavy atom. The monoisotopic (exact) mass is 419 g/mol. The Labute approximate surface area is 169 Å². The van der Waals surface area contributed by atoms with Crippen LogP contribution >= 0.6 is 34.4 Å². The molecule has 1 unspecified atom stereocenters. The molecule has 1 aliphatic carbocycles. The quantitative estimate of drug-likeness (QED) is 0.567. The van der Waals surface area contributed by atoms with E-state index in [-0.39, 0.29) is 17.5 Å². The number of hydrogen-bond donors (Lipinski definition) is 2. The summed E-state index contributed by atoms with van der Waals surface area (Å²) in [4.78, 5) is 35.4. The van der Waals surface area contributed by atoms with Crippen molar-refractivity contribution in [2.45, 2.75) is 44.4 Å². The van der Waals surface area contributed by atoms with E-state index in [0.29, 0.717) is 23.8 Å². The number of H-pyrrole nitrogens is 1. The van der Waals surface area contributed by atoms with Gasteiger partial charge in [0.15, 0.2) is 0 Å². The first-order valence-corrected chi connectivity index (χ1v) is 11.9. The van der Waals surface area contributed by atoms with E-state index in [2.05, 4.69) is 15.3 Å². The highest BCUT2D eigenvalue weighted by molar-refractivity contribution is 7.98. The number of hydrogen-bond acceptors (Lipinski definition) is 6. The van der Waals surface area contributed by atoms with Crippen LogP contribution in [0.1, 0.15) is 46.9 Å². The van der Waals surface area contributed by atoms with E-state index >= 15 is 0 Å². The average Bonchev–Trinajstić information content (AvgIpc) is 3.34. The highest BCUT2D eigenvalue weighted by atomic mass is 32.2. The van der Waals surface area contributed by atoms with Gasteiger partial charge in [-0.15, -0.1) is 22.7 Å². The minimum atomic E-state index is -0.0162. The predicted molar refractivity (Wildman–Crippen MR) is 114 cm³/mol. The summed E-state index contributed by atoms with van der Waals surface area (Å²) < 4.78 is 0. The summed E-state index contributed by atoms with van der Waals surface area (Å²) >= 11 is 4.93. The van der Waals surface area contributed by atoms with Crippen molar-refractivity contribution in [3.63, 3.8) is 0 Å². The van der Waals surface area contributed by atoms with E-state index in [1.807, 2.05) is 24.4 Å². The number of aryl methyl sites for hydroxylation is 2. The maximum Gasteiger partial charge on any atom is 0.259 e. The van der Waals surface area contributed by atoms with Crippen LogP contribution in [0.2, 0.25) is 0 Å². The number of rotatable bonds is 7. The molecule has 0 saturated carbocycles. The number of aromatic amines is 1. The molecule has 27 heavy (non-hydrogen) atoms. The zero-order chi connectivity index (χ0) is 18.8. The molecular formula is C19H21N3O2S3. The third kappa shape index (κ3) is 4.12. The van der Waals surface area contributed by atoms with Crippen LogP contribution in [0.4, 0.5) is 0 Å². The van der Waals surface area contributed by atoms with Gasteiger partial charge in [-0.2, -0.15) is 11.8 Å². The van der Waals surface area contributed by atoms with Crippen molar-refractivity contribution in [2.24, 2.45) is 0 Å². The average molecular weight is 420 g/mol. The molecule has 1 atom stereocenters. The first-order chi connectivity index (χ1) is 13.1. The molecule has 4 rings (SSSR count). The summed E-state index contributed by atoms with van der Waals surface area (Å²) in [6.07, 6.45) is 3.66. The van der Waals surface area contributed by atoms with Crippen molar-refractivity contribution in [2.75, 3.05) is 5.75 Å². The summed E-state index contributed by atoms with van der Waals surface area (Å²) in [6.45, 7) is 2.00. The van der Waals surface area contributed by atoms with E-state index in [4.69, 9.17) is 0 Å². The molecule has 3 heterocycles. The second-order valence-corrected chi connectivity index (χ2v) is 9.83. The fraction of sp³-hybridized carbons (Fsp3) is 0.421. The van der Waals surface area contributed by atoms with Crippen LogP contribution in [0.15, 0.2) is 22.3 Å². The standard InChI is InChI=1S/C19H21N3O2S3/c1-11(13-6-3-8-26-13)20-16(23)7-9-25-10-15-21-18(24)17-12-4-2-5-14(12)27-19(17)22-15/h3,6,8,11H,2,4-5,7,9-10H2,1H3,(H,20,23)(H,21,22,24). The Kier molecular flexibility index (Phi) is 5.66. The molecule has 3 aromatic rings. The Bertz CT molecular complexity index is 1010. The van der Waals surface area contributed by atoms with Crippen molar-refractivity contribution in [3.8, 4) is 0 Å². The summed E-state index contributed by atoms with van der Waals surface area (Å²) in [5, 5.41) is 5.83. The maximum absolute atomic E-state index is 12.4. The van der Waals surface area contributed by atoms with Gasteiger partial charge in [0, 0.05) is 21.9 Å². The first kappa shape index (κ1) is 18.7. The van der Waals surface area contributed by atoms with E-state index < -0.39 is 0 Å². The fourth-order valence-electron chi connectivity index (χ4n) is 3.37. The SMILES string of the molecule is CC(NC(=O)CCSCc1nc2sc3c(c2c(=O)[nH]1)CCC3)c1cccs1. The lowest BCUT2D eigenvalue weighted by molar-refractivity contribution is -0.121. The molecule has 0 radical (unpaired) electrons. The molecule has 0 aliphatic heterocycles. The van der Waals surface area contributed by atoms with Crippen molar-refractivity contribution < 1.29 is 4.79 Å². The van der Waals surface area contributed by atoms with Gasteiger partial charge in [-0.1, -0.05) is 6.07 Å². The number of aromatic nitrogens is 2. The lowest BCUT2D eigenvalue weighted by atomic mass is 10.2. The number of nitrogens with one attached hydrogen (secondary N) is 2. The number of thioether (sulfide) groups is 1. The molecule has 0 fully saturated rings. The van der Waals surface area contributed by atoms with Gasteiger partial charge in [-0.3, -0.25) is 9.59 Å². The molecule has 8 heteroatoms. The highest BCUT2D eigenvalue weighted by Gasteiger charge is 2.21. The van der Waals surface area contributed by atoms with Crippen LogP contribution in [0.3, 0.4) is 0 Å². The summed E-state index contributed by atoms with van der Waals surface area (Å²) in [5.74, 6) is 2.06. The molecule has 142 valence electrons. The highest BCUT2D eigenvalue weighted by Crippen LogP contribution is 2.34. The van der Waals surface area contributed by atoms with Crippen LogP contribution in [0, 0.1) is 0 Å². The minimum absolute atomic E-state index is 0.0162. The van der Waals surface area contributed by atoms with Crippen LogP contribution in [0.5, 0.6) is 0 Å². The van der Waals surface area contributed by atoms with Crippen molar-refractivity contribution in [3.05, 3.63) is 49.0 Å². The largest absolute Gasteiger partial charge is 0.349 e. The summed E-state index contributed by atoms with van der Waals surface area (Å²) in [7, 11) is 0. The predicted octanol–water partition coefficient (Wildman–Crippen LogP) is 4.04. The molecule has 3 aromatic heterocycles. The Morgan fingerprint density at radius 3 is 3.15 bits per heavy atom. The molecule has 0 saturated heterocycles. The van der Waals surface area contributed by atoms with Crippen LogP contribution < -0.4 is 10.9 Å². The van der Waals surface area contributed by atoms with Gasteiger partial charge in [0.1, 0.15) is 10.7 Å². The molecule has 5 nitrogen and oxygen atoms in total. The number of carbonyl (C=O) groups excluding carboxylic acids is 1. The van der Waals surface area contributed by atoms with Crippen molar-refractivity contribution >= 4 is 50.6 Å². The molecule has 0 spiro atoms. The molecular weight excluding hydrogens is 398 g/mol. The molecule has 0 bridgehead atoms. The second kappa shape index (κ2) is 8.16. The van der Waals surface area contributed by atoms with E-state index in [1.165, 1.54) is 10.4 Å². The Hall–Kier alpha value is -1.64. The number of amides is 1. The van der Waals surface area contributed by atoms with Crippen molar-refractivity contribution in [1.82, 2.24) is 15.3 Å². The lowest BCUT2D eigenvalue weighted by Gasteiger charge is -2.11. The molecule has 2 N–H and O–H groups in total. The zero-order valence-electron chi connectivity index (χ0n) is 15.0. The second-order valence-electron chi connectivity index (χ2n) is 6.66. The molecule has 1 amide bonds. The lowest BCUT2D eigenvalue weighted by Crippen LogP contribution is -2.26. The third-order valence-corrected chi connectivity index (χ3v) is 7.89.